The number of aryl methyl sites for hydroxylation is 1. The van der Waals surface area contributed by atoms with Gasteiger partial charge in [-0.15, -0.1) is 10.2 Å². The standard InChI is InChI=1S/C13H10F3N5O/c1-7-5-10(22)8-3-2-4-9(13(14,15)16)12(8)21(7)6-11-17-19-20-18-11/h2-5H,6H2,1H3,(H,17,18,19,20). The lowest BCUT2D eigenvalue weighted by molar-refractivity contribution is -0.136. The normalized spacial score (nSPS) is 12.0. The number of hydrogen-bond donors (Lipinski definition) is 1. The second-order valence-electron chi connectivity index (χ2n) is 4.76. The number of aromatic nitrogens is 5. The predicted octanol–water partition coefficient (Wildman–Crippen LogP) is 1.89. The molecule has 3 aromatic rings. The van der Waals surface area contributed by atoms with Crippen molar-refractivity contribution >= 4 is 10.9 Å². The first kappa shape index (κ1) is 14.2. The largest absolute Gasteiger partial charge is 0.418 e. The van der Waals surface area contributed by atoms with Crippen LogP contribution in [0.2, 0.25) is 0 Å². The molecule has 0 saturated heterocycles. The fraction of sp³-hybridized carbons (Fsp3) is 0.231. The Hall–Kier alpha value is -2.71. The zero-order chi connectivity index (χ0) is 15.9. The molecule has 0 aliphatic rings. The number of halogens is 3. The van der Waals surface area contributed by atoms with E-state index >= 15 is 0 Å². The number of hydrogen-bond acceptors (Lipinski definition) is 4. The van der Waals surface area contributed by atoms with Gasteiger partial charge in [0.05, 0.1) is 17.6 Å². The summed E-state index contributed by atoms with van der Waals surface area (Å²) >= 11 is 0. The number of alkyl halides is 3. The molecule has 1 N–H and O–H groups in total. The van der Waals surface area contributed by atoms with Crippen LogP contribution >= 0.6 is 0 Å². The van der Waals surface area contributed by atoms with Crippen molar-refractivity contribution in [2.24, 2.45) is 0 Å². The second-order valence-corrected chi connectivity index (χ2v) is 4.76. The van der Waals surface area contributed by atoms with Gasteiger partial charge >= 0.3 is 6.18 Å². The third-order valence-electron chi connectivity index (χ3n) is 3.33. The fourth-order valence-corrected chi connectivity index (χ4v) is 2.38. The molecule has 0 radical (unpaired) electrons. The molecule has 22 heavy (non-hydrogen) atoms. The highest BCUT2D eigenvalue weighted by atomic mass is 19.4. The molecule has 6 nitrogen and oxygen atoms in total. The minimum atomic E-state index is -4.57. The highest BCUT2D eigenvalue weighted by Gasteiger charge is 2.34. The Balaban J connectivity index is 2.37. The van der Waals surface area contributed by atoms with Crippen molar-refractivity contribution in [1.82, 2.24) is 25.2 Å². The summed E-state index contributed by atoms with van der Waals surface area (Å²) < 4.78 is 41.2. The van der Waals surface area contributed by atoms with Crippen LogP contribution in [0.5, 0.6) is 0 Å². The molecule has 1 aromatic carbocycles. The maximum atomic E-state index is 13.3. The zero-order valence-electron chi connectivity index (χ0n) is 11.3. The Labute approximate surface area is 121 Å². The van der Waals surface area contributed by atoms with E-state index in [1.807, 2.05) is 0 Å². The molecular weight excluding hydrogens is 299 g/mol. The van der Waals surface area contributed by atoms with Gasteiger partial charge in [0.25, 0.3) is 0 Å². The van der Waals surface area contributed by atoms with Crippen LogP contribution in [-0.4, -0.2) is 25.2 Å². The fourth-order valence-electron chi connectivity index (χ4n) is 2.38. The van der Waals surface area contributed by atoms with Gasteiger partial charge in [-0.1, -0.05) is 11.3 Å². The Kier molecular flexibility index (Phi) is 3.19. The topological polar surface area (TPSA) is 76.5 Å². The van der Waals surface area contributed by atoms with Crippen LogP contribution < -0.4 is 5.43 Å². The molecule has 0 bridgehead atoms. The first-order valence-electron chi connectivity index (χ1n) is 6.30. The Morgan fingerprint density at radius 1 is 1.32 bits per heavy atom. The lowest BCUT2D eigenvalue weighted by atomic mass is 10.1. The smallest absolute Gasteiger partial charge is 0.336 e. The van der Waals surface area contributed by atoms with Gasteiger partial charge < -0.3 is 4.57 Å². The molecule has 2 heterocycles. The van der Waals surface area contributed by atoms with Crippen molar-refractivity contribution in [2.75, 3.05) is 0 Å². The van der Waals surface area contributed by atoms with Crippen molar-refractivity contribution in [1.29, 1.82) is 0 Å². The van der Waals surface area contributed by atoms with Crippen LogP contribution in [0.15, 0.2) is 29.1 Å². The van der Waals surface area contributed by atoms with Crippen molar-refractivity contribution in [2.45, 2.75) is 19.6 Å². The van der Waals surface area contributed by atoms with Crippen LogP contribution in [0, 0.1) is 6.92 Å². The lowest BCUT2D eigenvalue weighted by Gasteiger charge is -2.17. The van der Waals surface area contributed by atoms with Gasteiger partial charge in [-0.25, -0.2) is 0 Å². The Bertz CT molecular complexity index is 883. The monoisotopic (exact) mass is 309 g/mol. The van der Waals surface area contributed by atoms with E-state index in [9.17, 15) is 18.0 Å². The molecule has 0 fully saturated rings. The molecule has 0 aliphatic heterocycles. The summed E-state index contributed by atoms with van der Waals surface area (Å²) in [7, 11) is 0. The van der Waals surface area contributed by atoms with Crippen LogP contribution in [-0.2, 0) is 12.7 Å². The number of nitrogens with zero attached hydrogens (tertiary/aromatic N) is 4. The summed E-state index contributed by atoms with van der Waals surface area (Å²) in [5.41, 5.74) is -1.11. The molecule has 0 amide bonds. The van der Waals surface area contributed by atoms with Crippen LogP contribution in [0.3, 0.4) is 0 Å². The van der Waals surface area contributed by atoms with E-state index in [1.54, 1.807) is 6.92 Å². The van der Waals surface area contributed by atoms with Crippen molar-refractivity contribution in [3.05, 3.63) is 51.6 Å². The summed E-state index contributed by atoms with van der Waals surface area (Å²) in [5.74, 6) is 0.227. The molecule has 9 heteroatoms. The second kappa shape index (κ2) is 4.93. The molecule has 3 rings (SSSR count). The summed E-state index contributed by atoms with van der Waals surface area (Å²) in [6.07, 6.45) is -4.57. The minimum absolute atomic E-state index is 0.00363. The zero-order valence-corrected chi connectivity index (χ0v) is 11.3. The van der Waals surface area contributed by atoms with Gasteiger partial charge in [0.1, 0.15) is 0 Å². The number of nitrogens with one attached hydrogen (secondary N) is 1. The first-order valence-corrected chi connectivity index (χ1v) is 6.30. The van der Waals surface area contributed by atoms with Crippen molar-refractivity contribution in [3.63, 3.8) is 0 Å². The maximum absolute atomic E-state index is 13.3. The number of tetrazole rings is 1. The quantitative estimate of drug-likeness (QED) is 0.784. The van der Waals surface area contributed by atoms with Crippen molar-refractivity contribution < 1.29 is 13.2 Å². The number of H-pyrrole nitrogens is 1. The number of aromatic amines is 1. The number of fused-ring (bicyclic) bond motifs is 1. The summed E-state index contributed by atoms with van der Waals surface area (Å²) in [4.78, 5) is 12.0. The first-order chi connectivity index (χ1) is 10.4. The van der Waals surface area contributed by atoms with E-state index < -0.39 is 17.2 Å². The molecule has 0 atom stereocenters. The van der Waals surface area contributed by atoms with Gasteiger partial charge in [-0.3, -0.25) is 4.79 Å². The van der Waals surface area contributed by atoms with E-state index in [1.165, 1.54) is 22.8 Å². The molecule has 0 saturated carbocycles. The molecule has 2 aromatic heterocycles. The Morgan fingerprint density at radius 3 is 2.73 bits per heavy atom. The third-order valence-corrected chi connectivity index (χ3v) is 3.33. The molecule has 114 valence electrons. The molecule has 0 spiro atoms. The SMILES string of the molecule is Cc1cc(=O)c2cccc(C(F)(F)F)c2n1Cc1nn[nH]n1. The number of para-hydroxylation sites is 1. The molecule has 0 aliphatic carbocycles. The maximum Gasteiger partial charge on any atom is 0.418 e. The van der Waals surface area contributed by atoms with Crippen LogP contribution in [0.25, 0.3) is 10.9 Å². The van der Waals surface area contributed by atoms with Crippen LogP contribution in [0.4, 0.5) is 13.2 Å². The summed E-state index contributed by atoms with van der Waals surface area (Å²) in [6, 6.07) is 4.84. The van der Waals surface area contributed by atoms with E-state index in [0.717, 1.165) is 6.07 Å². The number of benzene rings is 1. The van der Waals surface area contributed by atoms with E-state index in [0.29, 0.717) is 5.69 Å². The third kappa shape index (κ3) is 2.34. The highest BCUT2D eigenvalue weighted by Crippen LogP contribution is 2.34. The average molecular weight is 309 g/mol. The van der Waals surface area contributed by atoms with Crippen molar-refractivity contribution in [3.8, 4) is 0 Å². The summed E-state index contributed by atoms with van der Waals surface area (Å²) in [6.45, 7) is 1.54. The number of pyridine rings is 1. The molecule has 0 unspecified atom stereocenters. The number of rotatable bonds is 2. The summed E-state index contributed by atoms with van der Waals surface area (Å²) in [5, 5.41) is 13.1. The van der Waals surface area contributed by atoms with Gasteiger partial charge in [-0.05, 0) is 19.1 Å². The van der Waals surface area contributed by atoms with Gasteiger partial charge in [0.15, 0.2) is 11.3 Å². The van der Waals surface area contributed by atoms with Crippen LogP contribution in [0.1, 0.15) is 17.1 Å². The minimum Gasteiger partial charge on any atom is -0.336 e. The van der Waals surface area contributed by atoms with Gasteiger partial charge in [0.2, 0.25) is 0 Å². The average Bonchev–Trinajstić information content (AvgIpc) is 2.94. The Morgan fingerprint density at radius 2 is 2.09 bits per heavy atom. The molecular formula is C13H10F3N5O. The predicted molar refractivity (Wildman–Crippen MR) is 71.2 cm³/mol. The van der Waals surface area contributed by atoms with Gasteiger partial charge in [-0.2, -0.15) is 18.4 Å². The lowest BCUT2D eigenvalue weighted by Crippen LogP contribution is -2.18. The highest BCUT2D eigenvalue weighted by molar-refractivity contribution is 5.83. The van der Waals surface area contributed by atoms with E-state index in [2.05, 4.69) is 20.6 Å². The van der Waals surface area contributed by atoms with E-state index in [4.69, 9.17) is 0 Å². The van der Waals surface area contributed by atoms with Gasteiger partial charge in [0, 0.05) is 17.1 Å². The van der Waals surface area contributed by atoms with E-state index in [-0.39, 0.29) is 23.3 Å².